The highest BCUT2D eigenvalue weighted by Crippen LogP contribution is 2.11. The van der Waals surface area contributed by atoms with Crippen molar-refractivity contribution in [2.24, 2.45) is 0 Å². The van der Waals surface area contributed by atoms with E-state index in [-0.39, 0.29) is 12.4 Å². The van der Waals surface area contributed by atoms with Crippen LogP contribution in [0.2, 0.25) is 0 Å². The standard InChI is InChI=1S/C6H12F3N.ClH/c1-2-3-4-10-5-6(7,8)9;/h10H,2-5H2,1H3;1H. The summed E-state index contributed by atoms with van der Waals surface area (Å²) in [6.07, 6.45) is -2.34. The fourth-order valence-electron chi connectivity index (χ4n) is 0.532. The second kappa shape index (κ2) is 6.73. The van der Waals surface area contributed by atoms with Crippen molar-refractivity contribution in [2.45, 2.75) is 25.9 Å². The van der Waals surface area contributed by atoms with Crippen molar-refractivity contribution in [3.05, 3.63) is 0 Å². The molecule has 0 fully saturated rings. The number of unbranched alkanes of at least 4 members (excludes halogenated alkanes) is 1. The minimum Gasteiger partial charge on any atom is -0.309 e. The van der Waals surface area contributed by atoms with Crippen LogP contribution in [-0.2, 0) is 0 Å². The summed E-state index contributed by atoms with van der Waals surface area (Å²) in [7, 11) is 0. The van der Waals surface area contributed by atoms with E-state index in [4.69, 9.17) is 0 Å². The van der Waals surface area contributed by atoms with Gasteiger partial charge in [0, 0.05) is 0 Å². The molecule has 0 aromatic rings. The number of halogens is 4. The molecular weight excluding hydrogens is 179 g/mol. The number of hydrogen-bond acceptors (Lipinski definition) is 1. The second-order valence-electron chi connectivity index (χ2n) is 2.15. The molecule has 11 heavy (non-hydrogen) atoms. The lowest BCUT2D eigenvalue weighted by Crippen LogP contribution is -2.29. The van der Waals surface area contributed by atoms with Crippen LogP contribution in [0.5, 0.6) is 0 Å². The maximum Gasteiger partial charge on any atom is 0.401 e. The zero-order valence-electron chi connectivity index (χ0n) is 6.37. The van der Waals surface area contributed by atoms with Gasteiger partial charge in [-0.3, -0.25) is 0 Å². The van der Waals surface area contributed by atoms with Gasteiger partial charge in [-0.1, -0.05) is 13.3 Å². The zero-order chi connectivity index (χ0) is 8.04. The van der Waals surface area contributed by atoms with Gasteiger partial charge in [0.1, 0.15) is 0 Å². The van der Waals surface area contributed by atoms with Crippen LogP contribution in [-0.4, -0.2) is 19.3 Å². The predicted octanol–water partition coefficient (Wildman–Crippen LogP) is 2.36. The van der Waals surface area contributed by atoms with Gasteiger partial charge in [-0.2, -0.15) is 13.2 Å². The molecular formula is C6H13ClF3N. The second-order valence-corrected chi connectivity index (χ2v) is 2.15. The Bertz CT molecular complexity index is 84.4. The van der Waals surface area contributed by atoms with Gasteiger partial charge in [0.25, 0.3) is 0 Å². The fourth-order valence-corrected chi connectivity index (χ4v) is 0.532. The average Bonchev–Trinajstić information content (AvgIpc) is 1.78. The van der Waals surface area contributed by atoms with Gasteiger partial charge in [-0.15, -0.1) is 12.4 Å². The third-order valence-electron chi connectivity index (χ3n) is 1.03. The Morgan fingerprint density at radius 2 is 1.82 bits per heavy atom. The Labute approximate surface area is 70.8 Å². The molecule has 0 aromatic heterocycles. The van der Waals surface area contributed by atoms with Crippen molar-refractivity contribution in [1.29, 1.82) is 0 Å². The van der Waals surface area contributed by atoms with Crippen LogP contribution in [0.15, 0.2) is 0 Å². The molecule has 0 radical (unpaired) electrons. The fraction of sp³-hybridized carbons (Fsp3) is 1.00. The lowest BCUT2D eigenvalue weighted by atomic mass is 10.3. The summed E-state index contributed by atoms with van der Waals surface area (Å²) in [5.41, 5.74) is 0. The van der Waals surface area contributed by atoms with Crippen LogP contribution >= 0.6 is 12.4 Å². The lowest BCUT2D eigenvalue weighted by molar-refractivity contribution is -0.124. The van der Waals surface area contributed by atoms with Gasteiger partial charge in [-0.25, -0.2) is 0 Å². The van der Waals surface area contributed by atoms with Crippen molar-refractivity contribution < 1.29 is 13.2 Å². The molecule has 0 aromatic carbocycles. The van der Waals surface area contributed by atoms with E-state index in [0.29, 0.717) is 6.54 Å². The van der Waals surface area contributed by atoms with Crippen LogP contribution < -0.4 is 5.32 Å². The van der Waals surface area contributed by atoms with Gasteiger partial charge < -0.3 is 5.32 Å². The molecule has 0 spiro atoms. The first-order valence-electron chi connectivity index (χ1n) is 3.33. The number of rotatable bonds is 4. The molecule has 0 saturated carbocycles. The third-order valence-corrected chi connectivity index (χ3v) is 1.03. The van der Waals surface area contributed by atoms with Gasteiger partial charge >= 0.3 is 6.18 Å². The summed E-state index contributed by atoms with van der Waals surface area (Å²) in [4.78, 5) is 0. The van der Waals surface area contributed by atoms with E-state index in [9.17, 15) is 13.2 Å². The molecule has 5 heteroatoms. The smallest absolute Gasteiger partial charge is 0.309 e. The van der Waals surface area contributed by atoms with E-state index in [1.807, 2.05) is 6.92 Å². The van der Waals surface area contributed by atoms with Crippen LogP contribution in [0.3, 0.4) is 0 Å². The first-order chi connectivity index (χ1) is 4.56. The van der Waals surface area contributed by atoms with Gasteiger partial charge in [-0.05, 0) is 13.0 Å². The monoisotopic (exact) mass is 191 g/mol. The Kier molecular flexibility index (Phi) is 8.33. The Hall–Kier alpha value is 0.0400. The molecule has 0 heterocycles. The molecule has 70 valence electrons. The molecule has 0 amide bonds. The molecule has 0 rings (SSSR count). The number of alkyl halides is 3. The van der Waals surface area contributed by atoms with E-state index in [1.165, 1.54) is 0 Å². The molecule has 0 aliphatic rings. The van der Waals surface area contributed by atoms with Crippen molar-refractivity contribution in [2.75, 3.05) is 13.1 Å². The topological polar surface area (TPSA) is 12.0 Å². The van der Waals surface area contributed by atoms with Gasteiger partial charge in [0.05, 0.1) is 6.54 Å². The Morgan fingerprint density at radius 3 is 2.18 bits per heavy atom. The molecule has 0 aliphatic heterocycles. The molecule has 0 atom stereocenters. The quantitative estimate of drug-likeness (QED) is 0.673. The number of hydrogen-bond donors (Lipinski definition) is 1. The zero-order valence-corrected chi connectivity index (χ0v) is 7.19. The SMILES string of the molecule is CCCCNCC(F)(F)F.Cl. The van der Waals surface area contributed by atoms with E-state index >= 15 is 0 Å². The molecule has 0 saturated heterocycles. The predicted molar refractivity (Wildman–Crippen MR) is 41.1 cm³/mol. The molecule has 0 aliphatic carbocycles. The summed E-state index contributed by atoms with van der Waals surface area (Å²) in [5, 5.41) is 2.30. The Morgan fingerprint density at radius 1 is 1.27 bits per heavy atom. The maximum atomic E-state index is 11.4. The summed E-state index contributed by atoms with van der Waals surface area (Å²) in [6, 6.07) is 0. The van der Waals surface area contributed by atoms with E-state index in [1.54, 1.807) is 0 Å². The summed E-state index contributed by atoms with van der Waals surface area (Å²) < 4.78 is 34.3. The van der Waals surface area contributed by atoms with Crippen molar-refractivity contribution in [1.82, 2.24) is 5.32 Å². The van der Waals surface area contributed by atoms with Gasteiger partial charge in [0.2, 0.25) is 0 Å². The van der Waals surface area contributed by atoms with E-state index in [2.05, 4.69) is 5.32 Å². The van der Waals surface area contributed by atoms with Crippen molar-refractivity contribution >= 4 is 12.4 Å². The molecule has 1 nitrogen and oxygen atoms in total. The van der Waals surface area contributed by atoms with E-state index in [0.717, 1.165) is 12.8 Å². The van der Waals surface area contributed by atoms with Crippen molar-refractivity contribution in [3.63, 3.8) is 0 Å². The van der Waals surface area contributed by atoms with Crippen LogP contribution in [0.4, 0.5) is 13.2 Å². The first-order valence-corrected chi connectivity index (χ1v) is 3.33. The Balaban J connectivity index is 0. The highest BCUT2D eigenvalue weighted by atomic mass is 35.5. The van der Waals surface area contributed by atoms with Crippen molar-refractivity contribution in [3.8, 4) is 0 Å². The highest BCUT2D eigenvalue weighted by molar-refractivity contribution is 5.85. The van der Waals surface area contributed by atoms with Gasteiger partial charge in [0.15, 0.2) is 0 Å². The van der Waals surface area contributed by atoms with Crippen LogP contribution in [0, 0.1) is 0 Å². The highest BCUT2D eigenvalue weighted by Gasteiger charge is 2.25. The minimum atomic E-state index is -4.06. The van der Waals surface area contributed by atoms with E-state index < -0.39 is 12.7 Å². The third kappa shape index (κ3) is 13.1. The van der Waals surface area contributed by atoms with Crippen LogP contribution in [0.1, 0.15) is 19.8 Å². The summed E-state index contributed by atoms with van der Waals surface area (Å²) in [6.45, 7) is 1.53. The summed E-state index contributed by atoms with van der Waals surface area (Å²) in [5.74, 6) is 0. The normalized spacial score (nSPS) is 10.9. The molecule has 0 unspecified atom stereocenters. The number of nitrogens with one attached hydrogen (secondary N) is 1. The molecule has 0 bridgehead atoms. The lowest BCUT2D eigenvalue weighted by Gasteiger charge is -2.06. The minimum absolute atomic E-state index is 0. The largest absolute Gasteiger partial charge is 0.401 e. The maximum absolute atomic E-state index is 11.4. The molecule has 1 N–H and O–H groups in total. The summed E-state index contributed by atoms with van der Waals surface area (Å²) >= 11 is 0. The van der Waals surface area contributed by atoms with Crippen LogP contribution in [0.25, 0.3) is 0 Å². The average molecular weight is 192 g/mol. The first kappa shape index (κ1) is 13.6.